The molecule has 0 spiro atoms. The molecule has 0 saturated heterocycles. The van der Waals surface area contributed by atoms with Gasteiger partial charge in [-0.2, -0.15) is 0 Å². The number of rotatable bonds is 4. The number of carbonyl (C=O) groups is 1. The molecule has 6 nitrogen and oxygen atoms in total. The first-order valence-corrected chi connectivity index (χ1v) is 8.46. The van der Waals surface area contributed by atoms with E-state index in [-0.39, 0.29) is 16.9 Å². The molecule has 0 fully saturated rings. The summed E-state index contributed by atoms with van der Waals surface area (Å²) in [6, 6.07) is 7.94. The molecule has 0 aliphatic rings. The SMILES string of the molecule is CC(C)(C)c1cc(NC(=O)c2csc(Nc3ccccc3F)n2)no1. The van der Waals surface area contributed by atoms with Gasteiger partial charge in [-0.3, -0.25) is 4.79 Å². The third-order valence-electron chi connectivity index (χ3n) is 3.34. The van der Waals surface area contributed by atoms with Gasteiger partial charge in [0, 0.05) is 16.9 Å². The summed E-state index contributed by atoms with van der Waals surface area (Å²) in [4.78, 5) is 16.4. The average molecular weight is 360 g/mol. The zero-order valence-corrected chi connectivity index (χ0v) is 14.8. The number of halogens is 1. The largest absolute Gasteiger partial charge is 0.359 e. The minimum Gasteiger partial charge on any atom is -0.359 e. The molecule has 2 N–H and O–H groups in total. The standard InChI is InChI=1S/C17H17FN4O2S/c1-17(2,3)13-8-14(22-24-13)21-15(23)12-9-25-16(20-12)19-11-7-5-4-6-10(11)18/h4-9H,1-3H3,(H,19,20)(H,21,22,23). The van der Waals surface area contributed by atoms with E-state index in [2.05, 4.69) is 20.8 Å². The molecule has 8 heteroatoms. The summed E-state index contributed by atoms with van der Waals surface area (Å²) in [5.41, 5.74) is 0.312. The lowest BCUT2D eigenvalue weighted by Gasteiger charge is -2.11. The Kier molecular flexibility index (Phi) is 4.54. The number of para-hydroxylation sites is 1. The highest BCUT2D eigenvalue weighted by molar-refractivity contribution is 7.14. The van der Waals surface area contributed by atoms with E-state index >= 15 is 0 Å². The summed E-state index contributed by atoms with van der Waals surface area (Å²) in [5.74, 6) is 0.196. The van der Waals surface area contributed by atoms with Gasteiger partial charge in [-0.15, -0.1) is 11.3 Å². The second-order valence-corrected chi connectivity index (χ2v) is 7.28. The molecule has 130 valence electrons. The highest BCUT2D eigenvalue weighted by atomic mass is 32.1. The van der Waals surface area contributed by atoms with Gasteiger partial charge in [0.1, 0.15) is 17.3 Å². The van der Waals surface area contributed by atoms with Crippen LogP contribution in [0, 0.1) is 5.82 Å². The fourth-order valence-electron chi connectivity index (χ4n) is 1.98. The van der Waals surface area contributed by atoms with Gasteiger partial charge < -0.3 is 15.2 Å². The lowest BCUT2D eigenvalue weighted by molar-refractivity contribution is 0.102. The lowest BCUT2D eigenvalue weighted by Crippen LogP contribution is -2.13. The third kappa shape index (κ3) is 4.03. The maximum Gasteiger partial charge on any atom is 0.276 e. The molecule has 0 aliphatic carbocycles. The lowest BCUT2D eigenvalue weighted by atomic mass is 9.93. The van der Waals surface area contributed by atoms with E-state index in [1.807, 2.05) is 20.8 Å². The van der Waals surface area contributed by atoms with Crippen LogP contribution in [0.15, 0.2) is 40.2 Å². The number of carbonyl (C=O) groups excluding carboxylic acids is 1. The van der Waals surface area contributed by atoms with Crippen molar-refractivity contribution < 1.29 is 13.7 Å². The Morgan fingerprint density at radius 3 is 2.72 bits per heavy atom. The summed E-state index contributed by atoms with van der Waals surface area (Å²) >= 11 is 1.21. The first kappa shape index (κ1) is 17.1. The summed E-state index contributed by atoms with van der Waals surface area (Å²) in [5, 5.41) is 11.3. The highest BCUT2D eigenvalue weighted by Gasteiger charge is 2.21. The van der Waals surface area contributed by atoms with Crippen molar-refractivity contribution in [3.63, 3.8) is 0 Å². The monoisotopic (exact) mass is 360 g/mol. The van der Waals surface area contributed by atoms with Crippen LogP contribution in [0.1, 0.15) is 37.0 Å². The van der Waals surface area contributed by atoms with Crippen molar-refractivity contribution in [2.24, 2.45) is 0 Å². The first-order valence-electron chi connectivity index (χ1n) is 7.58. The van der Waals surface area contributed by atoms with Gasteiger partial charge in [0.05, 0.1) is 5.69 Å². The fraction of sp³-hybridized carbons (Fsp3) is 0.235. The molecule has 0 saturated carbocycles. The van der Waals surface area contributed by atoms with Gasteiger partial charge in [-0.05, 0) is 12.1 Å². The number of anilines is 3. The highest BCUT2D eigenvalue weighted by Crippen LogP contribution is 2.26. The van der Waals surface area contributed by atoms with Crippen molar-refractivity contribution >= 4 is 33.9 Å². The molecule has 2 aromatic heterocycles. The van der Waals surface area contributed by atoms with E-state index in [0.717, 1.165) is 0 Å². The van der Waals surface area contributed by atoms with E-state index < -0.39 is 5.91 Å². The second kappa shape index (κ2) is 6.64. The second-order valence-electron chi connectivity index (χ2n) is 6.42. The molecule has 0 radical (unpaired) electrons. The maximum atomic E-state index is 13.6. The van der Waals surface area contributed by atoms with Crippen molar-refractivity contribution in [3.8, 4) is 0 Å². The number of aromatic nitrogens is 2. The van der Waals surface area contributed by atoms with Crippen molar-refractivity contribution in [1.82, 2.24) is 10.1 Å². The Balaban J connectivity index is 1.68. The molecule has 0 atom stereocenters. The van der Waals surface area contributed by atoms with Crippen LogP contribution in [-0.2, 0) is 5.41 Å². The van der Waals surface area contributed by atoms with Crippen molar-refractivity contribution in [1.29, 1.82) is 0 Å². The third-order valence-corrected chi connectivity index (χ3v) is 4.10. The van der Waals surface area contributed by atoms with E-state index in [4.69, 9.17) is 4.52 Å². The smallest absolute Gasteiger partial charge is 0.276 e. The van der Waals surface area contributed by atoms with Crippen LogP contribution >= 0.6 is 11.3 Å². The molecule has 25 heavy (non-hydrogen) atoms. The first-order chi connectivity index (χ1) is 11.8. The number of nitrogens with zero attached hydrogens (tertiary/aromatic N) is 2. The summed E-state index contributed by atoms with van der Waals surface area (Å²) in [6.07, 6.45) is 0. The molecule has 0 bridgehead atoms. The van der Waals surface area contributed by atoms with E-state index in [1.165, 1.54) is 17.4 Å². The van der Waals surface area contributed by atoms with Crippen LogP contribution in [0.25, 0.3) is 0 Å². The van der Waals surface area contributed by atoms with E-state index in [0.29, 0.717) is 22.4 Å². The number of benzene rings is 1. The van der Waals surface area contributed by atoms with E-state index in [9.17, 15) is 9.18 Å². The van der Waals surface area contributed by atoms with Crippen LogP contribution < -0.4 is 10.6 Å². The molecule has 2 heterocycles. The number of thiazole rings is 1. The molecule has 1 aromatic carbocycles. The zero-order chi connectivity index (χ0) is 18.0. The number of hydrogen-bond acceptors (Lipinski definition) is 6. The van der Waals surface area contributed by atoms with Crippen LogP contribution in [-0.4, -0.2) is 16.0 Å². The molecule has 0 unspecified atom stereocenters. The quantitative estimate of drug-likeness (QED) is 0.713. The van der Waals surface area contributed by atoms with Crippen LogP contribution in [0.5, 0.6) is 0 Å². The molecule has 3 rings (SSSR count). The maximum absolute atomic E-state index is 13.6. The zero-order valence-electron chi connectivity index (χ0n) is 14.0. The Morgan fingerprint density at radius 2 is 2.04 bits per heavy atom. The van der Waals surface area contributed by atoms with Crippen molar-refractivity contribution in [2.75, 3.05) is 10.6 Å². The predicted octanol–water partition coefficient (Wildman–Crippen LogP) is 4.56. The summed E-state index contributed by atoms with van der Waals surface area (Å²) in [6.45, 7) is 5.96. The summed E-state index contributed by atoms with van der Waals surface area (Å²) in [7, 11) is 0. The molecular formula is C17H17FN4O2S. The molecular weight excluding hydrogens is 343 g/mol. The minimum absolute atomic E-state index is 0.201. The Labute approximate surface area is 148 Å². The molecule has 1 amide bonds. The van der Waals surface area contributed by atoms with E-state index in [1.54, 1.807) is 29.6 Å². The Morgan fingerprint density at radius 1 is 1.28 bits per heavy atom. The Bertz CT molecular complexity index is 898. The van der Waals surface area contributed by atoms with Gasteiger partial charge in [0.15, 0.2) is 10.9 Å². The molecule has 0 aliphatic heterocycles. The fourth-order valence-corrected chi connectivity index (χ4v) is 2.68. The average Bonchev–Trinajstić information content (AvgIpc) is 3.18. The Hall–Kier alpha value is -2.74. The van der Waals surface area contributed by atoms with Gasteiger partial charge in [-0.1, -0.05) is 38.1 Å². The van der Waals surface area contributed by atoms with Crippen molar-refractivity contribution in [3.05, 3.63) is 53.0 Å². The van der Waals surface area contributed by atoms with Crippen LogP contribution in [0.2, 0.25) is 0 Å². The predicted molar refractivity (Wildman–Crippen MR) is 95.0 cm³/mol. The normalized spacial score (nSPS) is 11.4. The molecule has 3 aromatic rings. The van der Waals surface area contributed by atoms with Gasteiger partial charge >= 0.3 is 0 Å². The van der Waals surface area contributed by atoms with Gasteiger partial charge in [0.25, 0.3) is 5.91 Å². The topological polar surface area (TPSA) is 80.0 Å². The minimum atomic E-state index is -0.411. The van der Waals surface area contributed by atoms with Gasteiger partial charge in [0.2, 0.25) is 0 Å². The van der Waals surface area contributed by atoms with Crippen molar-refractivity contribution in [2.45, 2.75) is 26.2 Å². The van der Waals surface area contributed by atoms with Crippen LogP contribution in [0.3, 0.4) is 0 Å². The van der Waals surface area contributed by atoms with Crippen LogP contribution in [0.4, 0.5) is 21.0 Å². The number of amides is 1. The number of nitrogens with one attached hydrogen (secondary N) is 2. The van der Waals surface area contributed by atoms with Gasteiger partial charge in [-0.25, -0.2) is 9.37 Å². The number of hydrogen-bond donors (Lipinski definition) is 2. The summed E-state index contributed by atoms with van der Waals surface area (Å²) < 4.78 is 18.9.